The Hall–Kier alpha value is -2.00. The number of benzene rings is 1. The van der Waals surface area contributed by atoms with Crippen LogP contribution < -0.4 is 5.32 Å². The fraction of sp³-hybridized carbons (Fsp3) is 0.222. The molecule has 0 aliphatic heterocycles. The Bertz CT molecular complexity index is 382. The highest BCUT2D eigenvalue weighted by Gasteiger charge is 2.00. The van der Waals surface area contributed by atoms with Crippen LogP contribution in [-0.2, 0) is 11.2 Å². The maximum Gasteiger partial charge on any atom is 0.224 e. The summed E-state index contributed by atoms with van der Waals surface area (Å²) in [7, 11) is 1.58. The second kappa shape index (κ2) is 4.89. The zero-order chi connectivity index (χ0) is 10.4. The smallest absolute Gasteiger partial charge is 0.224 e. The Labute approximate surface area is 81.4 Å². The summed E-state index contributed by atoms with van der Waals surface area (Å²) in [6, 6.07) is 6.94. The normalized spacial score (nSPS) is 8.93. The van der Waals surface area contributed by atoms with Gasteiger partial charge in [-0.15, -0.1) is 0 Å². The highest BCUT2D eigenvalue weighted by Crippen LogP contribution is 2.14. The molecule has 0 aromatic heterocycles. The molecule has 0 aliphatic carbocycles. The molecule has 1 aromatic rings. The predicted molar refractivity (Wildman–Crippen MR) is 53.0 cm³/mol. The van der Waals surface area contributed by atoms with E-state index in [9.17, 15) is 4.79 Å². The summed E-state index contributed by atoms with van der Waals surface area (Å²) in [5.74, 6) is -0.0666. The summed E-state index contributed by atoms with van der Waals surface area (Å²) in [6.07, 6.45) is 0.297. The Morgan fingerprint density at radius 2 is 2.43 bits per heavy atom. The highest BCUT2D eigenvalue weighted by atomic mass is 16.1. The van der Waals surface area contributed by atoms with Crippen LogP contribution in [0.3, 0.4) is 0 Å². The molecule has 72 valence electrons. The minimum atomic E-state index is -0.0666. The quantitative estimate of drug-likeness (QED) is 0.441. The van der Waals surface area contributed by atoms with E-state index in [0.29, 0.717) is 12.1 Å². The summed E-state index contributed by atoms with van der Waals surface area (Å²) >= 11 is 0. The van der Waals surface area contributed by atoms with Gasteiger partial charge in [0.05, 0.1) is 6.42 Å². The third kappa shape index (κ3) is 2.80. The van der Waals surface area contributed by atoms with Crippen LogP contribution in [0.5, 0.6) is 0 Å². The molecular weight excluding hydrogens is 180 g/mol. The van der Waals surface area contributed by atoms with Crippen molar-refractivity contribution in [3.8, 4) is 0 Å². The molecule has 0 bridgehead atoms. The first kappa shape index (κ1) is 10.1. The molecule has 0 aliphatic rings. The van der Waals surface area contributed by atoms with Gasteiger partial charge in [0.1, 0.15) is 0 Å². The Balaban J connectivity index is 2.83. The summed E-state index contributed by atoms with van der Waals surface area (Å²) in [5, 5.41) is 5.97. The van der Waals surface area contributed by atoms with Gasteiger partial charge in [-0.2, -0.15) is 0 Å². The number of nitrogens with zero attached hydrogens (tertiary/aromatic N) is 3. The van der Waals surface area contributed by atoms with Crippen molar-refractivity contribution in [2.75, 3.05) is 7.05 Å². The van der Waals surface area contributed by atoms with E-state index < -0.39 is 0 Å². The lowest BCUT2D eigenvalue weighted by molar-refractivity contribution is -0.119. The van der Waals surface area contributed by atoms with Gasteiger partial charge in [0.15, 0.2) is 0 Å². The number of carbonyl (C=O) groups excluding carboxylic acids is 1. The fourth-order valence-electron chi connectivity index (χ4n) is 1.05. The molecule has 1 N–H and O–H groups in total. The van der Waals surface area contributed by atoms with Crippen molar-refractivity contribution in [1.29, 1.82) is 0 Å². The maximum atomic E-state index is 11.0. The van der Waals surface area contributed by atoms with E-state index in [4.69, 9.17) is 5.53 Å². The predicted octanol–water partition coefficient (Wildman–Crippen LogP) is 1.92. The molecule has 0 saturated heterocycles. The largest absolute Gasteiger partial charge is 0.359 e. The van der Waals surface area contributed by atoms with Crippen molar-refractivity contribution in [2.45, 2.75) is 6.42 Å². The van der Waals surface area contributed by atoms with Gasteiger partial charge in [-0.1, -0.05) is 23.3 Å². The first-order chi connectivity index (χ1) is 6.76. The van der Waals surface area contributed by atoms with Gasteiger partial charge >= 0.3 is 0 Å². The van der Waals surface area contributed by atoms with E-state index in [-0.39, 0.29) is 5.91 Å². The first-order valence-corrected chi connectivity index (χ1v) is 4.11. The molecule has 0 fully saturated rings. The topological polar surface area (TPSA) is 77.9 Å². The van der Waals surface area contributed by atoms with Crippen LogP contribution in [0.15, 0.2) is 29.4 Å². The molecule has 0 spiro atoms. The zero-order valence-electron chi connectivity index (χ0n) is 7.77. The Morgan fingerprint density at radius 3 is 3.07 bits per heavy atom. The number of rotatable bonds is 3. The number of hydrogen-bond donors (Lipinski definition) is 1. The lowest BCUT2D eigenvalue weighted by Gasteiger charge is -2.00. The van der Waals surface area contributed by atoms with Gasteiger partial charge < -0.3 is 5.32 Å². The molecule has 0 heterocycles. The van der Waals surface area contributed by atoms with Crippen molar-refractivity contribution in [3.05, 3.63) is 40.3 Å². The number of likely N-dealkylation sites (N-methyl/N-ethyl adjacent to an activating group) is 1. The molecule has 0 unspecified atom stereocenters. The van der Waals surface area contributed by atoms with Crippen LogP contribution in [0, 0.1) is 0 Å². The van der Waals surface area contributed by atoms with Gasteiger partial charge in [-0.05, 0) is 17.2 Å². The number of nitrogens with one attached hydrogen (secondary N) is 1. The third-order valence-electron chi connectivity index (χ3n) is 1.71. The molecule has 0 saturated carbocycles. The number of amides is 1. The van der Waals surface area contributed by atoms with Crippen LogP contribution in [-0.4, -0.2) is 13.0 Å². The van der Waals surface area contributed by atoms with Gasteiger partial charge in [0, 0.05) is 17.6 Å². The highest BCUT2D eigenvalue weighted by molar-refractivity contribution is 5.78. The molecular formula is C9H10N4O. The number of carbonyl (C=O) groups is 1. The molecule has 1 amide bonds. The van der Waals surface area contributed by atoms with Crippen LogP contribution in [0.25, 0.3) is 10.4 Å². The van der Waals surface area contributed by atoms with Gasteiger partial charge in [0.25, 0.3) is 0 Å². The van der Waals surface area contributed by atoms with E-state index in [0.717, 1.165) is 5.56 Å². The first-order valence-electron chi connectivity index (χ1n) is 4.11. The minimum absolute atomic E-state index is 0.0666. The maximum absolute atomic E-state index is 11.0. The van der Waals surface area contributed by atoms with Crippen molar-refractivity contribution >= 4 is 11.6 Å². The summed E-state index contributed by atoms with van der Waals surface area (Å²) < 4.78 is 0. The fourth-order valence-corrected chi connectivity index (χ4v) is 1.05. The van der Waals surface area contributed by atoms with Crippen LogP contribution in [0.4, 0.5) is 5.69 Å². The minimum Gasteiger partial charge on any atom is -0.359 e. The monoisotopic (exact) mass is 190 g/mol. The summed E-state index contributed by atoms with van der Waals surface area (Å²) in [4.78, 5) is 13.7. The van der Waals surface area contributed by atoms with E-state index in [2.05, 4.69) is 15.3 Å². The molecule has 1 rings (SSSR count). The second-order valence-corrected chi connectivity index (χ2v) is 2.71. The third-order valence-corrected chi connectivity index (χ3v) is 1.71. The van der Waals surface area contributed by atoms with Crippen LogP contribution in [0.1, 0.15) is 5.56 Å². The lowest BCUT2D eigenvalue weighted by atomic mass is 10.1. The SMILES string of the molecule is CNC(=O)Cc1cccc(N=[N+]=[N-])c1. The average molecular weight is 190 g/mol. The Morgan fingerprint density at radius 1 is 1.64 bits per heavy atom. The summed E-state index contributed by atoms with van der Waals surface area (Å²) in [6.45, 7) is 0. The van der Waals surface area contributed by atoms with Crippen molar-refractivity contribution in [2.24, 2.45) is 5.11 Å². The number of hydrogen-bond acceptors (Lipinski definition) is 2. The molecule has 5 nitrogen and oxygen atoms in total. The zero-order valence-corrected chi connectivity index (χ0v) is 7.77. The molecule has 0 atom stereocenters. The second-order valence-electron chi connectivity index (χ2n) is 2.71. The summed E-state index contributed by atoms with van der Waals surface area (Å²) in [5.41, 5.74) is 9.57. The average Bonchev–Trinajstić information content (AvgIpc) is 2.19. The van der Waals surface area contributed by atoms with E-state index in [1.54, 1.807) is 25.2 Å². The molecule has 14 heavy (non-hydrogen) atoms. The standard InChI is InChI=1S/C9H10N4O/c1-11-9(14)6-7-3-2-4-8(5-7)12-13-10/h2-5H,6H2,1H3,(H,11,14). The van der Waals surface area contributed by atoms with Crippen molar-refractivity contribution in [1.82, 2.24) is 5.32 Å². The van der Waals surface area contributed by atoms with Gasteiger partial charge in [-0.25, -0.2) is 0 Å². The van der Waals surface area contributed by atoms with Crippen LogP contribution >= 0.6 is 0 Å². The van der Waals surface area contributed by atoms with Crippen LogP contribution in [0.2, 0.25) is 0 Å². The molecule has 1 aromatic carbocycles. The van der Waals surface area contributed by atoms with Gasteiger partial charge in [0.2, 0.25) is 5.91 Å². The van der Waals surface area contributed by atoms with E-state index in [1.807, 2.05) is 6.07 Å². The Kier molecular flexibility index (Phi) is 3.52. The molecule has 0 radical (unpaired) electrons. The van der Waals surface area contributed by atoms with Crippen molar-refractivity contribution < 1.29 is 4.79 Å². The van der Waals surface area contributed by atoms with Gasteiger partial charge in [-0.3, -0.25) is 4.79 Å². The van der Waals surface area contributed by atoms with E-state index in [1.165, 1.54) is 0 Å². The molecule has 5 heteroatoms. The van der Waals surface area contributed by atoms with E-state index >= 15 is 0 Å². The lowest BCUT2D eigenvalue weighted by Crippen LogP contribution is -2.19. The number of azide groups is 1. The van der Waals surface area contributed by atoms with Crippen molar-refractivity contribution in [3.63, 3.8) is 0 Å².